The van der Waals surface area contributed by atoms with Crippen LogP contribution in [-0.4, -0.2) is 154 Å². The fourth-order valence-corrected chi connectivity index (χ4v) is 11.1. The highest BCUT2D eigenvalue weighted by atomic mass is 35.5. The van der Waals surface area contributed by atoms with Gasteiger partial charge in [0.1, 0.15) is 35.3 Å². The van der Waals surface area contributed by atoms with Gasteiger partial charge in [-0.15, -0.1) is 11.3 Å². The first kappa shape index (κ1) is 53.2. The number of nitrogens with two attached hydrogens (primary N) is 1. The van der Waals surface area contributed by atoms with Gasteiger partial charge in [-0.1, -0.05) is 69.3 Å². The number of carbonyl (C=O) groups is 4. The normalized spacial score (nSPS) is 20.2. The number of aliphatic hydroxyl groups is 1. The molecule has 2 aromatic heterocycles. The first-order valence-corrected chi connectivity index (χ1v) is 26.8. The van der Waals surface area contributed by atoms with E-state index in [4.69, 9.17) is 22.1 Å². The molecule has 3 saturated heterocycles. The summed E-state index contributed by atoms with van der Waals surface area (Å²) in [5, 5.41) is 20.7. The van der Waals surface area contributed by atoms with Crippen molar-refractivity contribution in [3.05, 3.63) is 70.6 Å². The second-order valence-corrected chi connectivity index (χ2v) is 23.1. The number of nitrogens with zero attached hydrogens (tertiary/aromatic N) is 7. The second-order valence-electron chi connectivity index (χ2n) is 20.8. The molecule has 4 amide bonds. The van der Waals surface area contributed by atoms with Crippen LogP contribution in [0.25, 0.3) is 10.4 Å². The Kier molecular flexibility index (Phi) is 16.7. The number of carbonyl (C=O) groups excluding carboxylic acids is 4. The smallest absolute Gasteiger partial charge is 0.258 e. The van der Waals surface area contributed by atoms with Crippen LogP contribution in [0.3, 0.4) is 0 Å². The molecule has 3 atom stereocenters. The van der Waals surface area contributed by atoms with E-state index >= 15 is 0 Å². The van der Waals surface area contributed by atoms with Crippen LogP contribution in [0.1, 0.15) is 71.1 Å². The molecule has 4 aromatic rings. The number of benzene rings is 2. The number of rotatable bonds is 18. The lowest BCUT2D eigenvalue weighted by Crippen LogP contribution is -2.59. The molecule has 4 aliphatic rings. The van der Waals surface area contributed by atoms with Crippen molar-refractivity contribution in [2.24, 2.45) is 16.6 Å². The van der Waals surface area contributed by atoms with Gasteiger partial charge in [0.15, 0.2) is 5.67 Å². The van der Waals surface area contributed by atoms with Crippen molar-refractivity contribution >= 4 is 69.8 Å². The Morgan fingerprint density at radius 2 is 1.78 bits per heavy atom. The molecule has 0 spiro atoms. The van der Waals surface area contributed by atoms with Gasteiger partial charge >= 0.3 is 0 Å². The monoisotopic (exact) mass is 1050 g/mol. The van der Waals surface area contributed by atoms with E-state index in [0.29, 0.717) is 67.9 Å². The van der Waals surface area contributed by atoms with E-state index in [1.807, 2.05) is 48.2 Å². The molecular formula is C51H67ClFN11O6S2. The third-order valence-electron chi connectivity index (χ3n) is 14.3. The van der Waals surface area contributed by atoms with E-state index in [0.717, 1.165) is 57.8 Å². The average molecular weight is 1050 g/mol. The van der Waals surface area contributed by atoms with Crippen molar-refractivity contribution < 1.29 is 33.4 Å². The number of β-amino-alcohol motifs (C(OH)–C–C–N with tert-alkyl or cyclic N) is 1. The topological polar surface area (TPSA) is 211 Å². The van der Waals surface area contributed by atoms with Crippen LogP contribution < -0.4 is 31.3 Å². The van der Waals surface area contributed by atoms with Crippen molar-refractivity contribution in [3.63, 3.8) is 0 Å². The van der Waals surface area contributed by atoms with Crippen LogP contribution in [0, 0.1) is 17.8 Å². The summed E-state index contributed by atoms with van der Waals surface area (Å²) < 4.78 is 21.1. The number of piperidine rings is 1. The Bertz CT molecular complexity index is 2580. The van der Waals surface area contributed by atoms with Gasteiger partial charge in [0, 0.05) is 75.8 Å². The first-order chi connectivity index (χ1) is 34.3. The van der Waals surface area contributed by atoms with Crippen LogP contribution in [-0.2, 0) is 25.7 Å². The molecule has 0 bridgehead atoms. The number of likely N-dealkylation sites (tertiary alicyclic amines) is 1. The van der Waals surface area contributed by atoms with Crippen LogP contribution in [0.5, 0.6) is 5.75 Å². The molecule has 2 aromatic carbocycles. The van der Waals surface area contributed by atoms with Crippen LogP contribution in [0.4, 0.5) is 15.9 Å². The third kappa shape index (κ3) is 12.8. The minimum absolute atomic E-state index is 0.0155. The van der Waals surface area contributed by atoms with Crippen molar-refractivity contribution in [1.29, 1.82) is 0 Å². The van der Waals surface area contributed by atoms with Gasteiger partial charge in [-0.3, -0.25) is 24.1 Å². The predicted octanol–water partition coefficient (Wildman–Crippen LogP) is 5.52. The number of alkyl halides is 1. The number of halogens is 2. The maximum atomic E-state index is 14.7. The molecule has 17 nitrogen and oxygen atoms in total. The highest BCUT2D eigenvalue weighted by molar-refractivity contribution is 7.99. The van der Waals surface area contributed by atoms with E-state index < -0.39 is 47.0 Å². The summed E-state index contributed by atoms with van der Waals surface area (Å²) in [7, 11) is 0. The van der Waals surface area contributed by atoms with E-state index in [1.165, 1.54) is 28.0 Å². The molecule has 3 aliphatic heterocycles. The maximum absolute atomic E-state index is 14.7. The first-order valence-electron chi connectivity index (χ1n) is 24.7. The maximum Gasteiger partial charge on any atom is 0.258 e. The lowest BCUT2D eigenvalue weighted by molar-refractivity contribution is -0.145. The molecule has 4 fully saturated rings. The highest BCUT2D eigenvalue weighted by Gasteiger charge is 2.53. The second kappa shape index (κ2) is 22.6. The lowest BCUT2D eigenvalue weighted by Gasteiger charge is -2.39. The molecule has 8 rings (SSSR count). The Labute approximate surface area is 434 Å². The molecule has 21 heteroatoms. The molecule has 388 valence electrons. The number of thiazole rings is 1. The summed E-state index contributed by atoms with van der Waals surface area (Å²) in [6, 6.07) is 9.36. The minimum atomic E-state index is -1.98. The van der Waals surface area contributed by atoms with Gasteiger partial charge in [0.05, 0.1) is 51.8 Å². The number of amides is 4. The zero-order valence-electron chi connectivity index (χ0n) is 41.7. The molecule has 0 radical (unpaired) electrons. The fraction of sp³-hybridized carbons (Fsp3) is 0.549. The van der Waals surface area contributed by atoms with Gasteiger partial charge in [0.2, 0.25) is 17.7 Å². The quantitative estimate of drug-likeness (QED) is 0.0831. The van der Waals surface area contributed by atoms with Gasteiger partial charge in [-0.05, 0) is 73.7 Å². The van der Waals surface area contributed by atoms with Crippen molar-refractivity contribution in [1.82, 2.24) is 40.3 Å². The van der Waals surface area contributed by atoms with Crippen LogP contribution in [0.2, 0.25) is 5.02 Å². The number of hydrogen-bond donors (Lipinski definition) is 5. The molecule has 5 heterocycles. The number of anilines is 2. The number of nitrogens with one attached hydrogen (secondary N) is 3. The number of hydrogen-bond acceptors (Lipinski definition) is 15. The van der Waals surface area contributed by atoms with E-state index in [9.17, 15) is 28.7 Å². The van der Waals surface area contributed by atoms with Crippen LogP contribution >= 0.6 is 34.7 Å². The Hall–Kier alpha value is -5.12. The van der Waals surface area contributed by atoms with Gasteiger partial charge < -0.3 is 46.2 Å². The highest BCUT2D eigenvalue weighted by Crippen LogP contribution is 2.41. The molecule has 6 N–H and O–H groups in total. The summed E-state index contributed by atoms with van der Waals surface area (Å²) in [5.74, 6) is -0.453. The molecule has 1 saturated carbocycles. The van der Waals surface area contributed by atoms with Gasteiger partial charge in [0.25, 0.3) is 5.91 Å². The molecule has 72 heavy (non-hydrogen) atoms. The fourth-order valence-electron chi connectivity index (χ4n) is 9.21. The number of aromatic nitrogens is 3. The van der Waals surface area contributed by atoms with Crippen LogP contribution in [0.15, 0.2) is 64.2 Å². The summed E-state index contributed by atoms with van der Waals surface area (Å²) in [5.41, 5.74) is 8.36. The lowest BCUT2D eigenvalue weighted by atomic mass is 9.80. The molecule has 1 aliphatic carbocycles. The average Bonchev–Trinajstić information content (AvgIpc) is 3.77. The number of aryl methyl sites for hydroxylation is 1. The minimum Gasteiger partial charge on any atom is -0.492 e. The van der Waals surface area contributed by atoms with Gasteiger partial charge in [-0.2, -0.15) is 0 Å². The Morgan fingerprint density at radius 3 is 2.43 bits per heavy atom. The molecule has 0 unspecified atom stereocenters. The number of ether oxygens (including phenoxy) is 1. The van der Waals surface area contributed by atoms with Crippen molar-refractivity contribution in [2.45, 2.75) is 107 Å². The van der Waals surface area contributed by atoms with E-state index in [-0.39, 0.29) is 50.2 Å². The summed E-state index contributed by atoms with van der Waals surface area (Å²) in [6.45, 7) is 15.4. The van der Waals surface area contributed by atoms with E-state index in [1.54, 1.807) is 38.7 Å². The zero-order valence-corrected chi connectivity index (χ0v) is 44.1. The van der Waals surface area contributed by atoms with Crippen molar-refractivity contribution in [3.8, 4) is 16.2 Å². The summed E-state index contributed by atoms with van der Waals surface area (Å²) in [6.07, 6.45) is 4.88. The zero-order chi connectivity index (χ0) is 51.4. The Morgan fingerprint density at radius 1 is 1.03 bits per heavy atom. The molecular weight excluding hydrogens is 981 g/mol. The Balaban J connectivity index is 0.820. The number of piperazine rings is 1. The third-order valence-corrected chi connectivity index (χ3v) is 16.8. The standard InChI is InChI=1S/C51H67ClFN11O6S2/c1-32-44(71-31-59-32)33-9-10-34(25-58-46(67)37-24-35(65)29-64(37)47(68)45(49(2,3)4)60-48(69)51(53)11-12-51)38(23-33)70-22-21-61-17-19-63(20-18-61)42(66)28-55-36-7-6-8-39(43(36)52)72-41-27-56-40(26-57-41)62-15-13-50(5,30-54)14-16-62/h6-10,23,26-27,31,35,37,45,55,65H,11-22,24-25,28-30,54H2,1-5H3,(H,58,67)(H,60,69)/t35-,37+,45-/m1/s1. The predicted molar refractivity (Wildman–Crippen MR) is 278 cm³/mol. The van der Waals surface area contributed by atoms with Crippen molar-refractivity contribution in [2.75, 3.05) is 82.3 Å². The summed E-state index contributed by atoms with van der Waals surface area (Å²) in [4.78, 5) is 77.2. The SMILES string of the molecule is Cc1ncsc1-c1ccc(CNC(=O)[C@@H]2C[C@@H](O)CN2C(=O)[C@@H](NC(=O)C2(F)CC2)C(C)(C)C)c(OCCN2CCN(C(=O)CNc3cccc(Sc4cnc(N5CCC(C)(CN)CC5)cn4)c3Cl)CC2)c1. The summed E-state index contributed by atoms with van der Waals surface area (Å²) >= 11 is 9.80. The van der Waals surface area contributed by atoms with E-state index in [2.05, 4.69) is 47.6 Å². The number of aliphatic hydroxyl groups excluding tert-OH is 1. The largest absolute Gasteiger partial charge is 0.492 e. The van der Waals surface area contributed by atoms with Gasteiger partial charge in [-0.25, -0.2) is 19.3 Å².